The number of hydrogen-bond acceptors (Lipinski definition) is 5. The number of carbonyl (C=O) groups excluding carboxylic acids is 1. The largest absolute Gasteiger partial charge is 0.573 e. The Morgan fingerprint density at radius 1 is 1.09 bits per heavy atom. The number of carbonyl (C=O) groups is 1. The molecule has 1 atom stereocenters. The Kier molecular flexibility index (Phi) is 5.75. The van der Waals surface area contributed by atoms with Gasteiger partial charge in [-0.1, -0.05) is 6.07 Å². The summed E-state index contributed by atoms with van der Waals surface area (Å²) >= 11 is 0. The van der Waals surface area contributed by atoms with Crippen molar-refractivity contribution < 1.29 is 45.7 Å². The third kappa shape index (κ3) is 4.30. The first-order valence-electron chi connectivity index (χ1n) is 9.65. The Morgan fingerprint density at radius 2 is 1.79 bits per heavy atom. The topological polar surface area (TPSA) is 80.7 Å². The molecule has 0 spiro atoms. The maximum Gasteiger partial charge on any atom is 0.573 e. The molecule has 0 fully saturated rings. The molecule has 4 rings (SSSR count). The standard InChI is InChI=1S/C22H14F6N2O4/c23-13-10-12(3-4-16(13)34-22(26,27)28)21(5-7-33-17-2-1-6-29-19(17)21)30-20(32)11-8-14(24)18(31)15(25)9-11/h1-4,6,8-10,31H,5,7H2,(H,30,32). The molecule has 34 heavy (non-hydrogen) atoms. The highest BCUT2D eigenvalue weighted by molar-refractivity contribution is 5.95. The van der Waals surface area contributed by atoms with E-state index in [4.69, 9.17) is 4.74 Å². The number of hydrogen-bond donors (Lipinski definition) is 2. The van der Waals surface area contributed by atoms with Crippen LogP contribution in [0.4, 0.5) is 26.3 Å². The smallest absolute Gasteiger partial charge is 0.503 e. The van der Waals surface area contributed by atoms with E-state index in [1.807, 2.05) is 0 Å². The van der Waals surface area contributed by atoms with Crippen molar-refractivity contribution in [2.24, 2.45) is 0 Å². The number of rotatable bonds is 4. The lowest BCUT2D eigenvalue weighted by Gasteiger charge is -2.39. The summed E-state index contributed by atoms with van der Waals surface area (Å²) in [7, 11) is 0. The summed E-state index contributed by atoms with van der Waals surface area (Å²) in [5.41, 5.74) is -2.07. The number of aromatic hydroxyl groups is 1. The number of fused-ring (bicyclic) bond motifs is 1. The summed E-state index contributed by atoms with van der Waals surface area (Å²) in [4.78, 5) is 17.2. The first kappa shape index (κ1) is 23.2. The second-order valence-corrected chi connectivity index (χ2v) is 7.29. The van der Waals surface area contributed by atoms with Crippen LogP contribution in [0.1, 0.15) is 28.0 Å². The number of phenols is 1. The number of alkyl halides is 3. The van der Waals surface area contributed by atoms with E-state index in [-0.39, 0.29) is 30.0 Å². The van der Waals surface area contributed by atoms with Gasteiger partial charge in [0.05, 0.1) is 6.61 Å². The fourth-order valence-corrected chi connectivity index (χ4v) is 3.67. The number of amides is 1. The van der Waals surface area contributed by atoms with Crippen LogP contribution in [-0.4, -0.2) is 29.0 Å². The quantitative estimate of drug-likeness (QED) is 0.531. The van der Waals surface area contributed by atoms with Crippen molar-refractivity contribution in [2.45, 2.75) is 18.3 Å². The molecule has 0 radical (unpaired) electrons. The Labute approximate surface area is 187 Å². The molecule has 1 aliphatic heterocycles. The highest BCUT2D eigenvalue weighted by Gasteiger charge is 2.43. The lowest BCUT2D eigenvalue weighted by molar-refractivity contribution is -0.275. The summed E-state index contributed by atoms with van der Waals surface area (Å²) in [5, 5.41) is 11.9. The zero-order valence-electron chi connectivity index (χ0n) is 16.9. The van der Waals surface area contributed by atoms with Gasteiger partial charge in [-0.25, -0.2) is 13.2 Å². The molecule has 0 aliphatic carbocycles. The van der Waals surface area contributed by atoms with E-state index >= 15 is 0 Å². The maximum absolute atomic E-state index is 14.6. The summed E-state index contributed by atoms with van der Waals surface area (Å²) in [6.45, 7) is -0.0142. The molecular formula is C22H14F6N2O4. The van der Waals surface area contributed by atoms with Crippen molar-refractivity contribution in [1.29, 1.82) is 0 Å². The van der Waals surface area contributed by atoms with Crippen LogP contribution in [0.3, 0.4) is 0 Å². The number of nitrogens with one attached hydrogen (secondary N) is 1. The molecule has 0 saturated carbocycles. The fourth-order valence-electron chi connectivity index (χ4n) is 3.67. The van der Waals surface area contributed by atoms with Crippen LogP contribution < -0.4 is 14.8 Å². The minimum atomic E-state index is -5.13. The van der Waals surface area contributed by atoms with Gasteiger partial charge in [-0.15, -0.1) is 13.2 Å². The third-order valence-corrected chi connectivity index (χ3v) is 5.17. The van der Waals surface area contributed by atoms with E-state index < -0.39 is 52.3 Å². The van der Waals surface area contributed by atoms with Crippen molar-refractivity contribution >= 4 is 5.91 Å². The summed E-state index contributed by atoms with van der Waals surface area (Å²) < 4.78 is 89.0. The number of nitrogens with zero attached hydrogens (tertiary/aromatic N) is 1. The van der Waals surface area contributed by atoms with E-state index in [9.17, 15) is 36.2 Å². The Hall–Kier alpha value is -3.96. The Morgan fingerprint density at radius 3 is 2.44 bits per heavy atom. The summed E-state index contributed by atoms with van der Waals surface area (Å²) in [6.07, 6.45) is -3.83. The summed E-state index contributed by atoms with van der Waals surface area (Å²) in [5.74, 6) is -7.32. The molecule has 178 valence electrons. The molecule has 1 aliphatic rings. The first-order valence-corrected chi connectivity index (χ1v) is 9.65. The predicted octanol–water partition coefficient (Wildman–Crippen LogP) is 4.56. The molecule has 2 heterocycles. The van der Waals surface area contributed by atoms with Gasteiger partial charge in [-0.3, -0.25) is 9.78 Å². The molecule has 0 saturated heterocycles. The third-order valence-electron chi connectivity index (χ3n) is 5.17. The number of pyridine rings is 1. The number of halogens is 6. The van der Waals surface area contributed by atoms with Crippen LogP contribution in [-0.2, 0) is 5.54 Å². The molecule has 1 amide bonds. The maximum atomic E-state index is 14.6. The minimum absolute atomic E-state index is 0.0142. The predicted molar refractivity (Wildman–Crippen MR) is 104 cm³/mol. The van der Waals surface area contributed by atoms with Gasteiger partial charge in [0.2, 0.25) is 0 Å². The number of ether oxygens (including phenoxy) is 2. The number of phenolic OH excluding ortho intramolecular Hbond substituents is 1. The van der Waals surface area contributed by atoms with E-state index in [0.717, 1.165) is 18.2 Å². The van der Waals surface area contributed by atoms with E-state index in [0.29, 0.717) is 12.1 Å². The zero-order chi connectivity index (χ0) is 24.7. The van der Waals surface area contributed by atoms with Crippen molar-refractivity contribution in [3.05, 3.63) is 82.9 Å². The van der Waals surface area contributed by atoms with Gasteiger partial charge in [0, 0.05) is 18.2 Å². The van der Waals surface area contributed by atoms with Crippen LogP contribution >= 0.6 is 0 Å². The van der Waals surface area contributed by atoms with Gasteiger partial charge < -0.3 is 19.9 Å². The van der Waals surface area contributed by atoms with Crippen molar-refractivity contribution in [3.63, 3.8) is 0 Å². The first-order chi connectivity index (χ1) is 16.0. The van der Waals surface area contributed by atoms with Crippen molar-refractivity contribution in [3.8, 4) is 17.2 Å². The molecule has 2 N–H and O–H groups in total. The fraction of sp³-hybridized carbons (Fsp3) is 0.182. The van der Waals surface area contributed by atoms with Crippen LogP contribution in [0.25, 0.3) is 0 Å². The van der Waals surface area contributed by atoms with Crippen LogP contribution in [0.5, 0.6) is 17.2 Å². The van der Waals surface area contributed by atoms with Crippen molar-refractivity contribution in [2.75, 3.05) is 6.61 Å². The molecule has 2 aromatic carbocycles. The lowest BCUT2D eigenvalue weighted by atomic mass is 9.81. The number of aromatic nitrogens is 1. The van der Waals surface area contributed by atoms with Crippen LogP contribution in [0.15, 0.2) is 48.7 Å². The molecule has 1 aromatic heterocycles. The zero-order valence-corrected chi connectivity index (χ0v) is 16.9. The highest BCUT2D eigenvalue weighted by Crippen LogP contribution is 2.42. The van der Waals surface area contributed by atoms with Gasteiger partial charge >= 0.3 is 6.36 Å². The highest BCUT2D eigenvalue weighted by atomic mass is 19.4. The second kappa shape index (κ2) is 8.43. The molecule has 3 aromatic rings. The van der Waals surface area contributed by atoms with E-state index in [2.05, 4.69) is 15.0 Å². The molecule has 12 heteroatoms. The Bertz CT molecular complexity index is 1240. The van der Waals surface area contributed by atoms with Crippen molar-refractivity contribution in [1.82, 2.24) is 10.3 Å². The molecule has 1 unspecified atom stereocenters. The lowest BCUT2D eigenvalue weighted by Crippen LogP contribution is -2.50. The van der Waals surface area contributed by atoms with Crippen LogP contribution in [0, 0.1) is 17.5 Å². The van der Waals surface area contributed by atoms with Crippen LogP contribution in [0.2, 0.25) is 0 Å². The molecule has 0 bridgehead atoms. The van der Waals surface area contributed by atoms with Gasteiger partial charge in [-0.2, -0.15) is 0 Å². The SMILES string of the molecule is O=C(NC1(c2ccc(OC(F)(F)F)c(F)c2)CCOc2cccnc21)c1cc(F)c(O)c(F)c1. The van der Waals surface area contributed by atoms with E-state index in [1.165, 1.54) is 18.3 Å². The minimum Gasteiger partial charge on any atom is -0.503 e. The van der Waals surface area contributed by atoms with E-state index in [1.54, 1.807) is 0 Å². The average molecular weight is 484 g/mol. The second-order valence-electron chi connectivity index (χ2n) is 7.29. The van der Waals surface area contributed by atoms with Gasteiger partial charge in [-0.05, 0) is 42.0 Å². The van der Waals surface area contributed by atoms with Gasteiger partial charge in [0.1, 0.15) is 17.0 Å². The monoisotopic (exact) mass is 484 g/mol. The average Bonchev–Trinajstić information content (AvgIpc) is 2.77. The molecule has 6 nitrogen and oxygen atoms in total. The summed E-state index contributed by atoms with van der Waals surface area (Å²) in [6, 6.07) is 6.82. The Balaban J connectivity index is 1.82. The molecular weight excluding hydrogens is 470 g/mol. The number of benzene rings is 2. The van der Waals surface area contributed by atoms with Gasteiger partial charge in [0.25, 0.3) is 5.91 Å². The van der Waals surface area contributed by atoms with Gasteiger partial charge in [0.15, 0.2) is 29.0 Å². The normalized spacial score (nSPS) is 17.5.